The molecule has 2 fully saturated rings. The average molecular weight is 394 g/mol. The molecule has 2 heterocycles. The van der Waals surface area contributed by atoms with Gasteiger partial charge in [-0.15, -0.1) is 0 Å². The van der Waals surface area contributed by atoms with Crippen LogP contribution in [0.5, 0.6) is 0 Å². The summed E-state index contributed by atoms with van der Waals surface area (Å²) in [5, 5.41) is 3.26. The number of para-hydroxylation sites is 1. The number of nitrogens with zero attached hydrogens (tertiary/aromatic N) is 4. The topological polar surface area (TPSA) is 93.3 Å². The molecule has 1 aromatic rings. The summed E-state index contributed by atoms with van der Waals surface area (Å²) in [6.45, 7) is 2.67. The zero-order valence-corrected chi connectivity index (χ0v) is 15.6. The summed E-state index contributed by atoms with van der Waals surface area (Å²) >= 11 is 6.03. The molecule has 144 valence electrons. The summed E-state index contributed by atoms with van der Waals surface area (Å²) in [5.41, 5.74) is 0.572. The first kappa shape index (κ1) is 19.3. The number of amides is 5. The highest BCUT2D eigenvalue weighted by Gasteiger charge is 2.42. The molecule has 27 heavy (non-hydrogen) atoms. The van der Waals surface area contributed by atoms with E-state index < -0.39 is 17.8 Å². The molecule has 0 spiro atoms. The van der Waals surface area contributed by atoms with Gasteiger partial charge in [0.2, 0.25) is 5.91 Å². The number of carbonyl (C=O) groups is 4. The third-order valence-electron chi connectivity index (χ3n) is 4.57. The van der Waals surface area contributed by atoms with E-state index in [-0.39, 0.29) is 19.1 Å². The number of hydrogen-bond donors (Lipinski definition) is 1. The Labute approximate surface area is 161 Å². The lowest BCUT2D eigenvalue weighted by molar-refractivity contribution is -0.143. The van der Waals surface area contributed by atoms with E-state index in [1.807, 2.05) is 9.80 Å². The van der Waals surface area contributed by atoms with E-state index in [1.165, 1.54) is 7.05 Å². The largest absolute Gasteiger partial charge is 0.335 e. The van der Waals surface area contributed by atoms with E-state index in [0.29, 0.717) is 36.9 Å². The Morgan fingerprint density at radius 2 is 1.67 bits per heavy atom. The van der Waals surface area contributed by atoms with Crippen molar-refractivity contribution in [3.05, 3.63) is 29.3 Å². The minimum absolute atomic E-state index is 0.0768. The van der Waals surface area contributed by atoms with Crippen LogP contribution in [0.1, 0.15) is 0 Å². The van der Waals surface area contributed by atoms with Gasteiger partial charge in [-0.25, -0.2) is 9.69 Å². The maximum Gasteiger partial charge on any atom is 0.335 e. The highest BCUT2D eigenvalue weighted by molar-refractivity contribution is 6.44. The summed E-state index contributed by atoms with van der Waals surface area (Å²) in [7, 11) is 1.29. The van der Waals surface area contributed by atoms with Gasteiger partial charge in [0, 0.05) is 33.2 Å². The molecule has 0 aliphatic carbocycles. The molecule has 0 atom stereocenters. The van der Waals surface area contributed by atoms with Gasteiger partial charge in [0.1, 0.15) is 0 Å². The van der Waals surface area contributed by atoms with E-state index in [9.17, 15) is 19.2 Å². The zero-order valence-electron chi connectivity index (χ0n) is 14.9. The van der Waals surface area contributed by atoms with Crippen molar-refractivity contribution in [1.29, 1.82) is 0 Å². The Balaban J connectivity index is 1.46. The second-order valence-electron chi connectivity index (χ2n) is 6.44. The Kier molecular flexibility index (Phi) is 5.73. The van der Waals surface area contributed by atoms with Crippen LogP contribution >= 0.6 is 11.6 Å². The van der Waals surface area contributed by atoms with E-state index >= 15 is 0 Å². The monoisotopic (exact) mass is 393 g/mol. The molecule has 1 aromatic carbocycles. The Morgan fingerprint density at radius 1 is 1.04 bits per heavy atom. The molecule has 9 nitrogen and oxygen atoms in total. The van der Waals surface area contributed by atoms with Crippen LogP contribution in [0.25, 0.3) is 0 Å². The van der Waals surface area contributed by atoms with Gasteiger partial charge in [-0.2, -0.15) is 0 Å². The highest BCUT2D eigenvalue weighted by Crippen LogP contribution is 2.20. The Hall–Kier alpha value is -2.49. The summed E-state index contributed by atoms with van der Waals surface area (Å²) in [6, 6.07) is 6.42. The van der Waals surface area contributed by atoms with Gasteiger partial charge < -0.3 is 5.32 Å². The van der Waals surface area contributed by atoms with Crippen molar-refractivity contribution in [2.45, 2.75) is 0 Å². The predicted octanol–water partition coefficient (Wildman–Crippen LogP) is 0.274. The number of nitrogens with one attached hydrogen (secondary N) is 1. The van der Waals surface area contributed by atoms with Crippen LogP contribution in [0.3, 0.4) is 0 Å². The molecule has 3 rings (SSSR count). The molecule has 10 heteroatoms. The van der Waals surface area contributed by atoms with Crippen molar-refractivity contribution in [3.63, 3.8) is 0 Å². The first-order valence-electron chi connectivity index (χ1n) is 8.49. The van der Waals surface area contributed by atoms with Crippen molar-refractivity contribution in [2.24, 2.45) is 0 Å². The Bertz CT molecular complexity index is 778. The second-order valence-corrected chi connectivity index (χ2v) is 6.85. The van der Waals surface area contributed by atoms with Crippen molar-refractivity contribution < 1.29 is 19.2 Å². The van der Waals surface area contributed by atoms with Crippen LogP contribution in [0.2, 0.25) is 5.02 Å². The van der Waals surface area contributed by atoms with Crippen LogP contribution < -0.4 is 5.32 Å². The minimum atomic E-state index is -0.810. The van der Waals surface area contributed by atoms with E-state index in [2.05, 4.69) is 5.32 Å². The van der Waals surface area contributed by atoms with Gasteiger partial charge in [-0.05, 0) is 12.1 Å². The maximum absolute atomic E-state index is 12.2. The summed E-state index contributed by atoms with van der Waals surface area (Å²) in [4.78, 5) is 53.1. The molecular weight excluding hydrogens is 374 g/mol. The minimum Gasteiger partial charge on any atom is -0.324 e. The summed E-state index contributed by atoms with van der Waals surface area (Å²) in [6.07, 6.45) is 0. The van der Waals surface area contributed by atoms with E-state index in [1.54, 1.807) is 24.3 Å². The fourth-order valence-electron chi connectivity index (χ4n) is 2.98. The molecule has 5 amide bonds. The molecule has 2 aliphatic heterocycles. The molecule has 2 aliphatic rings. The molecule has 0 bridgehead atoms. The highest BCUT2D eigenvalue weighted by atomic mass is 35.5. The fourth-order valence-corrected chi connectivity index (χ4v) is 3.17. The van der Waals surface area contributed by atoms with Crippen molar-refractivity contribution >= 4 is 41.0 Å². The third-order valence-corrected chi connectivity index (χ3v) is 4.90. The molecule has 0 saturated carbocycles. The molecular formula is C17H20ClN5O4. The third kappa shape index (κ3) is 4.26. The molecule has 1 N–H and O–H groups in total. The lowest BCUT2D eigenvalue weighted by atomic mass is 10.3. The molecule has 0 unspecified atom stereocenters. The van der Waals surface area contributed by atoms with Crippen LogP contribution in [-0.4, -0.2) is 89.8 Å². The van der Waals surface area contributed by atoms with Crippen LogP contribution in [0, 0.1) is 0 Å². The van der Waals surface area contributed by atoms with Crippen molar-refractivity contribution in [1.82, 2.24) is 19.6 Å². The second kappa shape index (κ2) is 8.03. The lowest BCUT2D eigenvalue weighted by Crippen LogP contribution is -2.52. The number of urea groups is 1. The van der Waals surface area contributed by atoms with Gasteiger partial charge in [0.25, 0.3) is 0 Å². The first-order chi connectivity index (χ1) is 12.9. The average Bonchev–Trinajstić information content (AvgIpc) is 2.83. The standard InChI is InChI=1S/C17H20ClN5O4/c1-20-15(25)16(26)23(17(20)27)11-22-8-6-21(7-9-22)10-14(24)19-13-5-3-2-4-12(13)18/h2-5H,6-11H2,1H3,(H,19,24). The maximum atomic E-state index is 12.2. The summed E-state index contributed by atoms with van der Waals surface area (Å²) < 4.78 is 0. The normalized spacial score (nSPS) is 19.1. The molecule has 2 saturated heterocycles. The zero-order chi connectivity index (χ0) is 19.6. The van der Waals surface area contributed by atoms with Gasteiger partial charge in [0.15, 0.2) is 0 Å². The number of imide groups is 2. The molecule has 0 aromatic heterocycles. The SMILES string of the molecule is CN1C(=O)C(=O)N(CN2CCN(CC(=O)Nc3ccccc3Cl)CC2)C1=O. The number of rotatable bonds is 5. The van der Waals surface area contributed by atoms with Crippen molar-refractivity contribution in [3.8, 4) is 0 Å². The van der Waals surface area contributed by atoms with Crippen LogP contribution in [0.15, 0.2) is 24.3 Å². The number of benzene rings is 1. The van der Waals surface area contributed by atoms with Crippen LogP contribution in [-0.2, 0) is 14.4 Å². The van der Waals surface area contributed by atoms with Gasteiger partial charge in [-0.1, -0.05) is 23.7 Å². The quantitative estimate of drug-likeness (QED) is 0.570. The predicted molar refractivity (Wildman–Crippen MR) is 98.0 cm³/mol. The number of hydrogen-bond acceptors (Lipinski definition) is 6. The number of likely N-dealkylation sites (N-methyl/N-ethyl adjacent to an activating group) is 1. The number of carbonyl (C=O) groups excluding carboxylic acids is 4. The van der Waals surface area contributed by atoms with Gasteiger partial charge >= 0.3 is 17.8 Å². The number of anilines is 1. The van der Waals surface area contributed by atoms with E-state index in [4.69, 9.17) is 11.6 Å². The van der Waals surface area contributed by atoms with E-state index in [0.717, 1.165) is 9.80 Å². The van der Waals surface area contributed by atoms with Gasteiger partial charge in [-0.3, -0.25) is 29.1 Å². The number of halogens is 1. The lowest BCUT2D eigenvalue weighted by Gasteiger charge is -2.35. The molecule has 0 radical (unpaired) electrons. The van der Waals surface area contributed by atoms with Crippen LogP contribution in [0.4, 0.5) is 10.5 Å². The summed E-state index contributed by atoms with van der Waals surface area (Å²) in [5.74, 6) is -1.77. The van der Waals surface area contributed by atoms with Gasteiger partial charge in [0.05, 0.1) is 23.9 Å². The smallest absolute Gasteiger partial charge is 0.324 e. The number of piperazine rings is 1. The Morgan fingerprint density at radius 3 is 2.26 bits per heavy atom. The first-order valence-corrected chi connectivity index (χ1v) is 8.87. The van der Waals surface area contributed by atoms with Crippen molar-refractivity contribution in [2.75, 3.05) is 51.8 Å². The fraction of sp³-hybridized carbons (Fsp3) is 0.412.